The Balaban J connectivity index is 2.23. The van der Waals surface area contributed by atoms with Gasteiger partial charge in [-0.05, 0) is 25.5 Å². The molecule has 1 unspecified atom stereocenters. The molecule has 1 saturated heterocycles. The Morgan fingerprint density at radius 2 is 2.33 bits per heavy atom. The normalized spacial score (nSPS) is 23.1. The van der Waals surface area contributed by atoms with E-state index in [0.29, 0.717) is 19.6 Å². The summed E-state index contributed by atoms with van der Waals surface area (Å²) in [5.41, 5.74) is -0.671. The largest absolute Gasteiger partial charge is 0.506 e. The average Bonchev–Trinajstić information content (AvgIpc) is 2.70. The van der Waals surface area contributed by atoms with E-state index in [4.69, 9.17) is 16.3 Å². The fourth-order valence-electron chi connectivity index (χ4n) is 1.85. The zero-order chi connectivity index (χ0) is 13.3. The number of halogens is 2. The van der Waals surface area contributed by atoms with Crippen molar-refractivity contribution in [2.45, 2.75) is 18.9 Å². The SMILES string of the molecule is CC1(NC(=O)c2cc(F)cc(Cl)c2O)CCOC1. The summed E-state index contributed by atoms with van der Waals surface area (Å²) >= 11 is 5.62. The number of amides is 1. The van der Waals surface area contributed by atoms with Crippen LogP contribution >= 0.6 is 11.6 Å². The van der Waals surface area contributed by atoms with Crippen LogP contribution in [0.2, 0.25) is 5.02 Å². The Labute approximate surface area is 109 Å². The first-order valence-corrected chi connectivity index (χ1v) is 5.87. The van der Waals surface area contributed by atoms with Crippen LogP contribution in [0.1, 0.15) is 23.7 Å². The summed E-state index contributed by atoms with van der Waals surface area (Å²) in [4.78, 5) is 12.0. The van der Waals surface area contributed by atoms with Crippen molar-refractivity contribution in [3.8, 4) is 5.75 Å². The maximum Gasteiger partial charge on any atom is 0.255 e. The number of phenolic OH excluding ortho intramolecular Hbond substituents is 1. The first kappa shape index (κ1) is 13.1. The van der Waals surface area contributed by atoms with Crippen LogP contribution in [-0.2, 0) is 4.74 Å². The van der Waals surface area contributed by atoms with Crippen LogP contribution in [0.15, 0.2) is 12.1 Å². The number of aromatic hydroxyl groups is 1. The van der Waals surface area contributed by atoms with Crippen molar-refractivity contribution in [3.05, 3.63) is 28.5 Å². The van der Waals surface area contributed by atoms with Crippen LogP contribution in [0.25, 0.3) is 0 Å². The molecule has 1 heterocycles. The molecule has 0 saturated carbocycles. The molecule has 1 aromatic carbocycles. The predicted molar refractivity (Wildman–Crippen MR) is 64.4 cm³/mol. The van der Waals surface area contributed by atoms with Crippen LogP contribution in [0.5, 0.6) is 5.75 Å². The van der Waals surface area contributed by atoms with E-state index < -0.39 is 23.0 Å². The van der Waals surface area contributed by atoms with Crippen molar-refractivity contribution >= 4 is 17.5 Å². The average molecular weight is 274 g/mol. The molecule has 1 fully saturated rings. The van der Waals surface area contributed by atoms with Crippen molar-refractivity contribution in [2.24, 2.45) is 0 Å². The van der Waals surface area contributed by atoms with Gasteiger partial charge in [-0.15, -0.1) is 0 Å². The number of hydrogen-bond acceptors (Lipinski definition) is 3. The highest BCUT2D eigenvalue weighted by Gasteiger charge is 2.32. The minimum atomic E-state index is -0.671. The molecule has 6 heteroatoms. The number of benzene rings is 1. The van der Waals surface area contributed by atoms with E-state index in [-0.39, 0.29) is 10.6 Å². The standard InChI is InChI=1S/C12H13ClFNO3/c1-12(2-3-18-6-12)15-11(17)8-4-7(14)5-9(13)10(8)16/h4-5,16H,2-3,6H2,1H3,(H,15,17). The van der Waals surface area contributed by atoms with Crippen LogP contribution in [0.4, 0.5) is 4.39 Å². The van der Waals surface area contributed by atoms with Gasteiger partial charge in [0.05, 0.1) is 22.7 Å². The molecule has 0 radical (unpaired) electrons. The monoisotopic (exact) mass is 273 g/mol. The van der Waals surface area contributed by atoms with Gasteiger partial charge in [0, 0.05) is 6.61 Å². The summed E-state index contributed by atoms with van der Waals surface area (Å²) in [7, 11) is 0. The van der Waals surface area contributed by atoms with E-state index in [2.05, 4.69) is 5.32 Å². The van der Waals surface area contributed by atoms with Gasteiger partial charge in [-0.2, -0.15) is 0 Å². The quantitative estimate of drug-likeness (QED) is 0.867. The van der Waals surface area contributed by atoms with Crippen LogP contribution in [-0.4, -0.2) is 29.8 Å². The Bertz CT molecular complexity index is 486. The number of hydrogen-bond donors (Lipinski definition) is 2. The molecular formula is C12H13ClFNO3. The number of carbonyl (C=O) groups excluding carboxylic acids is 1. The minimum absolute atomic E-state index is 0.173. The molecule has 98 valence electrons. The smallest absolute Gasteiger partial charge is 0.255 e. The molecule has 18 heavy (non-hydrogen) atoms. The maximum absolute atomic E-state index is 13.2. The van der Waals surface area contributed by atoms with E-state index in [1.165, 1.54) is 0 Å². The van der Waals surface area contributed by atoms with Gasteiger partial charge >= 0.3 is 0 Å². The summed E-state index contributed by atoms with van der Waals surface area (Å²) in [5.74, 6) is -1.66. The molecule has 0 aliphatic carbocycles. The summed E-state index contributed by atoms with van der Waals surface area (Å²) in [6, 6.07) is 1.91. The first-order chi connectivity index (χ1) is 8.41. The van der Waals surface area contributed by atoms with Crippen molar-refractivity contribution in [2.75, 3.05) is 13.2 Å². The highest BCUT2D eigenvalue weighted by molar-refractivity contribution is 6.32. The molecule has 1 aliphatic rings. The first-order valence-electron chi connectivity index (χ1n) is 5.49. The zero-order valence-electron chi connectivity index (χ0n) is 9.80. The van der Waals surface area contributed by atoms with Gasteiger partial charge in [0.2, 0.25) is 0 Å². The Hall–Kier alpha value is -1.33. The lowest BCUT2D eigenvalue weighted by Crippen LogP contribution is -2.46. The molecule has 0 spiro atoms. The lowest BCUT2D eigenvalue weighted by Gasteiger charge is -2.23. The van der Waals surface area contributed by atoms with Crippen molar-refractivity contribution < 1.29 is 19.0 Å². The van der Waals surface area contributed by atoms with Crippen LogP contribution in [0, 0.1) is 5.82 Å². The molecule has 2 rings (SSSR count). The van der Waals surface area contributed by atoms with Gasteiger partial charge in [-0.3, -0.25) is 4.79 Å². The van der Waals surface area contributed by atoms with Crippen molar-refractivity contribution in [1.82, 2.24) is 5.32 Å². The number of nitrogens with one attached hydrogen (secondary N) is 1. The highest BCUT2D eigenvalue weighted by atomic mass is 35.5. The maximum atomic E-state index is 13.2. The lowest BCUT2D eigenvalue weighted by atomic mass is 10.0. The van der Waals surface area contributed by atoms with Gasteiger partial charge in [0.1, 0.15) is 11.6 Å². The van der Waals surface area contributed by atoms with Crippen LogP contribution < -0.4 is 5.32 Å². The third-order valence-corrected chi connectivity index (χ3v) is 3.20. The number of carbonyl (C=O) groups is 1. The topological polar surface area (TPSA) is 58.6 Å². The highest BCUT2D eigenvalue weighted by Crippen LogP contribution is 2.29. The number of ether oxygens (including phenoxy) is 1. The van der Waals surface area contributed by atoms with Crippen molar-refractivity contribution in [1.29, 1.82) is 0 Å². The molecule has 1 amide bonds. The molecule has 0 bridgehead atoms. The second kappa shape index (κ2) is 4.74. The zero-order valence-corrected chi connectivity index (χ0v) is 10.6. The minimum Gasteiger partial charge on any atom is -0.506 e. The third-order valence-electron chi connectivity index (χ3n) is 2.91. The van der Waals surface area contributed by atoms with E-state index in [1.54, 1.807) is 0 Å². The van der Waals surface area contributed by atoms with Gasteiger partial charge in [-0.1, -0.05) is 11.6 Å². The van der Waals surface area contributed by atoms with Gasteiger partial charge in [0.25, 0.3) is 5.91 Å². The van der Waals surface area contributed by atoms with Gasteiger partial charge < -0.3 is 15.2 Å². The number of phenols is 1. The van der Waals surface area contributed by atoms with E-state index in [0.717, 1.165) is 12.1 Å². The summed E-state index contributed by atoms with van der Waals surface area (Å²) in [5, 5.41) is 12.2. The number of rotatable bonds is 2. The fourth-order valence-corrected chi connectivity index (χ4v) is 2.05. The molecule has 2 N–H and O–H groups in total. The molecule has 1 aromatic rings. The van der Waals surface area contributed by atoms with E-state index in [1.807, 2.05) is 6.92 Å². The third kappa shape index (κ3) is 2.57. The summed E-state index contributed by atoms with van der Waals surface area (Å²) < 4.78 is 18.4. The second-order valence-corrected chi connectivity index (χ2v) is 5.01. The Morgan fingerprint density at radius 3 is 2.94 bits per heavy atom. The van der Waals surface area contributed by atoms with E-state index in [9.17, 15) is 14.3 Å². The molecule has 0 aromatic heterocycles. The molecule has 1 aliphatic heterocycles. The molecular weight excluding hydrogens is 261 g/mol. The Kier molecular flexibility index (Phi) is 3.45. The Morgan fingerprint density at radius 1 is 1.61 bits per heavy atom. The van der Waals surface area contributed by atoms with E-state index >= 15 is 0 Å². The summed E-state index contributed by atoms with van der Waals surface area (Å²) in [6.07, 6.45) is 0.669. The predicted octanol–water partition coefficient (Wildman–Crippen LogP) is 2.09. The van der Waals surface area contributed by atoms with Crippen molar-refractivity contribution in [3.63, 3.8) is 0 Å². The van der Waals surface area contributed by atoms with Gasteiger partial charge in [0.15, 0.2) is 0 Å². The summed E-state index contributed by atoms with van der Waals surface area (Å²) in [6.45, 7) is 2.78. The molecule has 1 atom stereocenters. The van der Waals surface area contributed by atoms with Crippen LogP contribution in [0.3, 0.4) is 0 Å². The van der Waals surface area contributed by atoms with Gasteiger partial charge in [-0.25, -0.2) is 4.39 Å². The second-order valence-electron chi connectivity index (χ2n) is 4.60. The lowest BCUT2D eigenvalue weighted by molar-refractivity contribution is 0.0886. The molecule has 4 nitrogen and oxygen atoms in total. The fraction of sp³-hybridized carbons (Fsp3) is 0.417.